The lowest BCUT2D eigenvalue weighted by atomic mass is 10.1. The van der Waals surface area contributed by atoms with E-state index < -0.39 is 32.8 Å². The Morgan fingerprint density at radius 3 is 2.38 bits per heavy atom. The van der Waals surface area contributed by atoms with Crippen LogP contribution in [0.4, 0.5) is 18.9 Å². The van der Waals surface area contributed by atoms with Gasteiger partial charge in [-0.1, -0.05) is 5.16 Å². The highest BCUT2D eigenvalue weighted by Crippen LogP contribution is 2.32. The van der Waals surface area contributed by atoms with Crippen molar-refractivity contribution in [2.24, 2.45) is 10.9 Å². The highest BCUT2D eigenvalue weighted by molar-refractivity contribution is 7.93. The van der Waals surface area contributed by atoms with Crippen molar-refractivity contribution in [3.63, 3.8) is 0 Å². The van der Waals surface area contributed by atoms with Crippen LogP contribution in [0.2, 0.25) is 0 Å². The average Bonchev–Trinajstić information content (AvgIpc) is 2.36. The van der Waals surface area contributed by atoms with E-state index in [0.717, 1.165) is 6.07 Å². The molecule has 0 radical (unpaired) electrons. The molecule has 0 heterocycles. The molecule has 1 rings (SSSR count). The van der Waals surface area contributed by atoms with Gasteiger partial charge in [0.15, 0.2) is 5.84 Å². The first-order valence-electron chi connectivity index (χ1n) is 5.70. The molecule has 0 spiro atoms. The summed E-state index contributed by atoms with van der Waals surface area (Å²) in [5.41, 5.74) is 3.69. The summed E-state index contributed by atoms with van der Waals surface area (Å²) in [7, 11) is -3.79. The zero-order valence-electron chi connectivity index (χ0n) is 11.1. The molecular formula is C11H14F3N3O3S. The molecular weight excluding hydrogens is 311 g/mol. The summed E-state index contributed by atoms with van der Waals surface area (Å²) in [5.74, 6) is -0.637. The van der Waals surface area contributed by atoms with Crippen molar-refractivity contribution in [3.8, 4) is 0 Å². The van der Waals surface area contributed by atoms with Crippen molar-refractivity contribution in [2.75, 3.05) is 4.72 Å². The fourth-order valence-corrected chi connectivity index (χ4v) is 2.07. The SMILES string of the molecule is CC(C)S(=O)(=O)Nc1ccc(C(F)(F)F)cc1/C(N)=N/O. The summed E-state index contributed by atoms with van der Waals surface area (Å²) in [6.45, 7) is 2.80. The van der Waals surface area contributed by atoms with E-state index in [2.05, 4.69) is 9.88 Å². The van der Waals surface area contributed by atoms with Gasteiger partial charge in [-0.2, -0.15) is 13.2 Å². The number of benzene rings is 1. The summed E-state index contributed by atoms with van der Waals surface area (Å²) in [6.07, 6.45) is -4.64. The lowest BCUT2D eigenvalue weighted by Gasteiger charge is -2.16. The van der Waals surface area contributed by atoms with Crippen molar-refractivity contribution < 1.29 is 26.8 Å². The number of hydrogen-bond donors (Lipinski definition) is 3. The van der Waals surface area contributed by atoms with Crippen LogP contribution in [-0.4, -0.2) is 24.7 Å². The average molecular weight is 325 g/mol. The first-order chi connectivity index (χ1) is 9.49. The Balaban J connectivity index is 3.40. The van der Waals surface area contributed by atoms with Crippen LogP contribution in [-0.2, 0) is 16.2 Å². The number of nitrogens with two attached hydrogens (primary N) is 1. The van der Waals surface area contributed by atoms with Crippen LogP contribution in [0.3, 0.4) is 0 Å². The number of amidine groups is 1. The summed E-state index contributed by atoms with van der Waals surface area (Å²) in [6, 6.07) is 2.22. The standard InChI is InChI=1S/C11H14F3N3O3S/c1-6(2)21(19,20)17-9-4-3-7(11(12,13)14)5-8(9)10(15)16-18/h3-6,17-18H,1-2H3,(H2,15,16). The van der Waals surface area contributed by atoms with Crippen molar-refractivity contribution in [1.29, 1.82) is 0 Å². The van der Waals surface area contributed by atoms with Crippen molar-refractivity contribution >= 4 is 21.5 Å². The predicted molar refractivity (Wildman–Crippen MR) is 71.6 cm³/mol. The second kappa shape index (κ2) is 5.80. The van der Waals surface area contributed by atoms with Gasteiger partial charge in [0.25, 0.3) is 0 Å². The molecule has 0 saturated heterocycles. The highest BCUT2D eigenvalue weighted by atomic mass is 32.2. The predicted octanol–water partition coefficient (Wildman–Crippen LogP) is 1.95. The number of nitrogens with zero attached hydrogens (tertiary/aromatic N) is 1. The van der Waals surface area contributed by atoms with E-state index in [1.807, 2.05) is 0 Å². The lowest BCUT2D eigenvalue weighted by Crippen LogP contribution is -2.25. The maximum absolute atomic E-state index is 12.7. The third-order valence-electron chi connectivity index (χ3n) is 2.60. The Hall–Kier alpha value is -1.97. The molecule has 118 valence electrons. The molecule has 10 heteroatoms. The lowest BCUT2D eigenvalue weighted by molar-refractivity contribution is -0.137. The van der Waals surface area contributed by atoms with Gasteiger partial charge in [0.05, 0.1) is 16.5 Å². The van der Waals surface area contributed by atoms with Crippen LogP contribution in [0.15, 0.2) is 23.4 Å². The zero-order valence-corrected chi connectivity index (χ0v) is 12.0. The number of nitrogens with one attached hydrogen (secondary N) is 1. The number of oxime groups is 1. The Morgan fingerprint density at radius 2 is 1.95 bits per heavy atom. The summed E-state index contributed by atoms with van der Waals surface area (Å²) in [4.78, 5) is 0. The quantitative estimate of drug-likeness (QED) is 0.340. The van der Waals surface area contributed by atoms with E-state index >= 15 is 0 Å². The topological polar surface area (TPSA) is 105 Å². The number of halogens is 3. The third kappa shape index (κ3) is 4.00. The number of anilines is 1. The summed E-state index contributed by atoms with van der Waals surface area (Å²) < 4.78 is 63.6. The van der Waals surface area contributed by atoms with Crippen molar-refractivity contribution in [2.45, 2.75) is 25.3 Å². The zero-order chi connectivity index (χ0) is 16.4. The van der Waals surface area contributed by atoms with Gasteiger partial charge in [0.1, 0.15) is 0 Å². The molecule has 0 atom stereocenters. The second-order valence-corrected chi connectivity index (χ2v) is 6.68. The molecule has 1 aromatic carbocycles. The molecule has 0 aliphatic carbocycles. The normalized spacial score (nSPS) is 13.5. The van der Waals surface area contributed by atoms with Crippen LogP contribution >= 0.6 is 0 Å². The van der Waals surface area contributed by atoms with Gasteiger partial charge in [0, 0.05) is 5.56 Å². The van der Waals surface area contributed by atoms with Crippen LogP contribution in [0.5, 0.6) is 0 Å². The highest BCUT2D eigenvalue weighted by Gasteiger charge is 2.32. The van der Waals surface area contributed by atoms with Gasteiger partial charge in [-0.05, 0) is 32.0 Å². The minimum Gasteiger partial charge on any atom is -0.409 e. The van der Waals surface area contributed by atoms with E-state index in [4.69, 9.17) is 10.9 Å². The van der Waals surface area contributed by atoms with Gasteiger partial charge in [-0.25, -0.2) is 8.42 Å². The molecule has 0 unspecified atom stereocenters. The van der Waals surface area contributed by atoms with Gasteiger partial charge in [-0.3, -0.25) is 4.72 Å². The van der Waals surface area contributed by atoms with E-state index in [9.17, 15) is 21.6 Å². The smallest absolute Gasteiger partial charge is 0.409 e. The molecule has 1 aromatic rings. The fraction of sp³-hybridized carbons (Fsp3) is 0.364. The van der Waals surface area contributed by atoms with Crippen LogP contribution in [0.1, 0.15) is 25.0 Å². The molecule has 0 amide bonds. The van der Waals surface area contributed by atoms with Gasteiger partial charge in [0.2, 0.25) is 10.0 Å². The van der Waals surface area contributed by atoms with Crippen LogP contribution in [0.25, 0.3) is 0 Å². The van der Waals surface area contributed by atoms with Gasteiger partial charge >= 0.3 is 6.18 Å². The Bertz CT molecular complexity index is 654. The number of hydrogen-bond acceptors (Lipinski definition) is 4. The Labute approximate surface area is 119 Å². The summed E-state index contributed by atoms with van der Waals surface area (Å²) in [5, 5.41) is 10.4. The molecule has 0 aromatic heterocycles. The Kier molecular flexibility index (Phi) is 4.72. The maximum Gasteiger partial charge on any atom is 0.416 e. The van der Waals surface area contributed by atoms with Gasteiger partial charge < -0.3 is 10.9 Å². The first-order valence-corrected chi connectivity index (χ1v) is 7.24. The molecule has 4 N–H and O–H groups in total. The van der Waals surface area contributed by atoms with Crippen LogP contribution in [0, 0.1) is 0 Å². The van der Waals surface area contributed by atoms with E-state index in [1.54, 1.807) is 0 Å². The van der Waals surface area contributed by atoms with E-state index in [1.165, 1.54) is 13.8 Å². The molecule has 21 heavy (non-hydrogen) atoms. The van der Waals surface area contributed by atoms with Crippen LogP contribution < -0.4 is 10.5 Å². The maximum atomic E-state index is 12.7. The van der Waals surface area contributed by atoms with Gasteiger partial charge in [-0.15, -0.1) is 0 Å². The minimum atomic E-state index is -4.64. The summed E-state index contributed by atoms with van der Waals surface area (Å²) >= 11 is 0. The number of alkyl halides is 3. The van der Waals surface area contributed by atoms with Crippen molar-refractivity contribution in [1.82, 2.24) is 0 Å². The van der Waals surface area contributed by atoms with E-state index in [0.29, 0.717) is 12.1 Å². The molecule has 0 aliphatic rings. The molecule has 0 aliphatic heterocycles. The second-order valence-electron chi connectivity index (χ2n) is 4.44. The molecule has 6 nitrogen and oxygen atoms in total. The largest absolute Gasteiger partial charge is 0.416 e. The van der Waals surface area contributed by atoms with Crippen molar-refractivity contribution in [3.05, 3.63) is 29.3 Å². The van der Waals surface area contributed by atoms with E-state index in [-0.39, 0.29) is 11.3 Å². The number of rotatable bonds is 4. The monoisotopic (exact) mass is 325 g/mol. The minimum absolute atomic E-state index is 0.202. The number of sulfonamides is 1. The Morgan fingerprint density at radius 1 is 1.38 bits per heavy atom. The molecule has 0 bridgehead atoms. The fourth-order valence-electron chi connectivity index (χ4n) is 1.35. The first kappa shape index (κ1) is 17.1. The molecule has 0 saturated carbocycles. The molecule has 0 fully saturated rings. The third-order valence-corrected chi connectivity index (χ3v) is 4.35.